The van der Waals surface area contributed by atoms with Crippen LogP contribution in [-0.4, -0.2) is 89.5 Å². The number of nitrogens with zero attached hydrogens (tertiary/aromatic N) is 8. The first kappa shape index (κ1) is 23.0. The van der Waals surface area contributed by atoms with Gasteiger partial charge in [0.05, 0.1) is 42.7 Å². The molecule has 194 valence electrons. The minimum absolute atomic E-state index is 0.0147. The van der Waals surface area contributed by atoms with Crippen molar-refractivity contribution in [1.82, 2.24) is 19.9 Å². The summed E-state index contributed by atoms with van der Waals surface area (Å²) in [5, 5.41) is 3.32. The molecule has 0 atom stereocenters. The fraction of sp³-hybridized carbons (Fsp3) is 0.593. The molecule has 1 aliphatic carbocycles. The zero-order valence-corrected chi connectivity index (χ0v) is 21.3. The first-order valence-corrected chi connectivity index (χ1v) is 13.8. The van der Waals surface area contributed by atoms with Gasteiger partial charge in [-0.1, -0.05) is 19.3 Å². The lowest BCUT2D eigenvalue weighted by atomic mass is 9.81. The van der Waals surface area contributed by atoms with Gasteiger partial charge in [-0.25, -0.2) is 20.0 Å². The maximum absolute atomic E-state index is 5.52. The lowest BCUT2D eigenvalue weighted by molar-refractivity contribution is 0.0115. The SMILES string of the molecule is C1=NC2=NCC3(CCCCC3)N2c2nc(Nc3ccc(N4CCC(N5CCOCC5)CC4)cn3)ncc21. The second-order valence-electron chi connectivity index (χ2n) is 10.9. The highest BCUT2D eigenvalue weighted by atomic mass is 16.5. The maximum Gasteiger partial charge on any atom is 0.230 e. The highest BCUT2D eigenvalue weighted by Gasteiger charge is 2.47. The van der Waals surface area contributed by atoms with Crippen LogP contribution >= 0.6 is 0 Å². The van der Waals surface area contributed by atoms with Crippen molar-refractivity contribution in [3.05, 3.63) is 30.1 Å². The molecule has 0 aromatic carbocycles. The Bertz CT molecular complexity index is 1180. The first-order valence-electron chi connectivity index (χ1n) is 13.8. The van der Waals surface area contributed by atoms with E-state index in [0.717, 1.165) is 81.9 Å². The van der Waals surface area contributed by atoms with Crippen molar-refractivity contribution in [1.29, 1.82) is 0 Å². The quantitative estimate of drug-likeness (QED) is 0.683. The van der Waals surface area contributed by atoms with Crippen molar-refractivity contribution in [3.63, 3.8) is 0 Å². The maximum atomic E-state index is 5.52. The van der Waals surface area contributed by atoms with Gasteiger partial charge in [0.2, 0.25) is 11.9 Å². The van der Waals surface area contributed by atoms with E-state index in [9.17, 15) is 0 Å². The van der Waals surface area contributed by atoms with Crippen molar-refractivity contribution in [2.45, 2.75) is 56.5 Å². The Kier molecular flexibility index (Phi) is 6.01. The van der Waals surface area contributed by atoms with Gasteiger partial charge in [-0.2, -0.15) is 4.98 Å². The van der Waals surface area contributed by atoms with E-state index >= 15 is 0 Å². The van der Waals surface area contributed by atoms with Crippen LogP contribution in [-0.2, 0) is 4.74 Å². The molecular weight excluding hydrogens is 466 g/mol. The summed E-state index contributed by atoms with van der Waals surface area (Å²) >= 11 is 0. The number of hydrogen-bond donors (Lipinski definition) is 1. The van der Waals surface area contributed by atoms with Gasteiger partial charge in [0.25, 0.3) is 0 Å². The summed E-state index contributed by atoms with van der Waals surface area (Å²) in [4.78, 5) is 30.9. The van der Waals surface area contributed by atoms with Crippen LogP contribution in [0.5, 0.6) is 0 Å². The van der Waals surface area contributed by atoms with Crippen LogP contribution in [0.3, 0.4) is 0 Å². The molecule has 0 bridgehead atoms. The zero-order valence-electron chi connectivity index (χ0n) is 21.3. The van der Waals surface area contributed by atoms with Crippen LogP contribution in [0.4, 0.5) is 23.3 Å². The van der Waals surface area contributed by atoms with Gasteiger partial charge in [0.15, 0.2) is 0 Å². The second kappa shape index (κ2) is 9.64. The first-order chi connectivity index (χ1) is 18.3. The Labute approximate surface area is 217 Å². The molecule has 5 aliphatic rings. The highest BCUT2D eigenvalue weighted by Crippen LogP contribution is 2.42. The fourth-order valence-electron chi connectivity index (χ4n) is 6.61. The second-order valence-corrected chi connectivity index (χ2v) is 10.9. The average molecular weight is 502 g/mol. The van der Waals surface area contributed by atoms with E-state index in [1.165, 1.54) is 37.8 Å². The number of piperidine rings is 1. The predicted octanol–water partition coefficient (Wildman–Crippen LogP) is 3.23. The molecule has 1 N–H and O–H groups in total. The number of nitrogens with one attached hydrogen (secondary N) is 1. The molecule has 0 unspecified atom stereocenters. The van der Waals surface area contributed by atoms with E-state index < -0.39 is 0 Å². The van der Waals surface area contributed by atoms with Crippen molar-refractivity contribution >= 4 is 35.4 Å². The Morgan fingerprint density at radius 1 is 0.946 bits per heavy atom. The molecule has 7 rings (SSSR count). The van der Waals surface area contributed by atoms with Gasteiger partial charge in [0.1, 0.15) is 11.6 Å². The summed E-state index contributed by atoms with van der Waals surface area (Å²) in [5.74, 6) is 3.00. The minimum atomic E-state index is 0.0147. The van der Waals surface area contributed by atoms with Gasteiger partial charge in [-0.05, 0) is 37.8 Å². The third-order valence-electron chi connectivity index (χ3n) is 8.68. The third-order valence-corrected chi connectivity index (χ3v) is 8.68. The Balaban J connectivity index is 1.03. The molecule has 10 heteroatoms. The molecule has 37 heavy (non-hydrogen) atoms. The Morgan fingerprint density at radius 2 is 1.78 bits per heavy atom. The van der Waals surface area contributed by atoms with Crippen molar-refractivity contribution in [2.75, 3.05) is 61.1 Å². The molecule has 0 amide bonds. The number of anilines is 4. The normalized spacial score (nSPS) is 23.6. The predicted molar refractivity (Wildman–Crippen MR) is 145 cm³/mol. The zero-order chi connectivity index (χ0) is 24.7. The van der Waals surface area contributed by atoms with E-state index in [-0.39, 0.29) is 5.54 Å². The summed E-state index contributed by atoms with van der Waals surface area (Å²) in [6.07, 6.45) is 14.1. The van der Waals surface area contributed by atoms with E-state index in [2.05, 4.69) is 36.1 Å². The molecule has 6 heterocycles. The molecular formula is C27H35N9O. The smallest absolute Gasteiger partial charge is 0.230 e. The van der Waals surface area contributed by atoms with Gasteiger partial charge in [-0.3, -0.25) is 9.80 Å². The molecule has 1 spiro atoms. The standard InChI is InChI=1S/C27H35N9O/c1-2-8-27(9-3-1)19-31-26-30-17-20-16-29-25(33-24(20)36(26)27)32-23-5-4-22(18-28-23)34-10-6-21(7-11-34)35-12-14-37-15-13-35/h4-5,16-18,21H,1-3,6-15,19H2,(H,28,29,32,33). The van der Waals surface area contributed by atoms with Crippen LogP contribution in [0.1, 0.15) is 50.5 Å². The van der Waals surface area contributed by atoms with E-state index in [4.69, 9.17) is 19.7 Å². The number of aliphatic imine (C=N–C) groups is 2. The summed E-state index contributed by atoms with van der Waals surface area (Å²) in [5.41, 5.74) is 2.13. The average Bonchev–Trinajstić information content (AvgIpc) is 3.32. The van der Waals surface area contributed by atoms with Gasteiger partial charge >= 0.3 is 0 Å². The summed E-state index contributed by atoms with van der Waals surface area (Å²) in [7, 11) is 0. The summed E-state index contributed by atoms with van der Waals surface area (Å²) in [6, 6.07) is 4.85. The molecule has 2 aromatic heterocycles. The number of morpholine rings is 1. The van der Waals surface area contributed by atoms with Crippen LogP contribution < -0.4 is 15.1 Å². The molecule has 10 nitrogen and oxygen atoms in total. The molecule has 1 saturated carbocycles. The minimum Gasteiger partial charge on any atom is -0.379 e. The number of hydrogen-bond acceptors (Lipinski definition) is 10. The van der Waals surface area contributed by atoms with E-state index in [1.54, 1.807) is 0 Å². The topological polar surface area (TPSA) is 94.4 Å². The molecule has 2 saturated heterocycles. The number of rotatable bonds is 4. The molecule has 4 aliphatic heterocycles. The number of guanidine groups is 1. The van der Waals surface area contributed by atoms with Crippen LogP contribution in [0, 0.1) is 0 Å². The van der Waals surface area contributed by atoms with Crippen molar-refractivity contribution < 1.29 is 4.74 Å². The number of aromatic nitrogens is 3. The largest absolute Gasteiger partial charge is 0.379 e. The monoisotopic (exact) mass is 501 g/mol. The van der Waals surface area contributed by atoms with Crippen molar-refractivity contribution in [2.24, 2.45) is 9.98 Å². The Morgan fingerprint density at radius 3 is 2.57 bits per heavy atom. The molecule has 3 fully saturated rings. The number of pyridine rings is 1. The van der Waals surface area contributed by atoms with Crippen molar-refractivity contribution in [3.8, 4) is 0 Å². The Hall–Kier alpha value is -3.11. The molecule has 2 aromatic rings. The van der Waals surface area contributed by atoms with Crippen LogP contribution in [0.2, 0.25) is 0 Å². The highest BCUT2D eigenvalue weighted by molar-refractivity contribution is 6.11. The van der Waals surface area contributed by atoms with Gasteiger partial charge < -0.3 is 15.0 Å². The lowest BCUT2D eigenvalue weighted by Gasteiger charge is -2.42. The van der Waals surface area contributed by atoms with Crippen LogP contribution in [0.25, 0.3) is 0 Å². The molecule has 0 radical (unpaired) electrons. The summed E-state index contributed by atoms with van der Waals surface area (Å²) < 4.78 is 5.52. The van der Waals surface area contributed by atoms with E-state index in [0.29, 0.717) is 12.0 Å². The van der Waals surface area contributed by atoms with Crippen LogP contribution in [0.15, 0.2) is 34.5 Å². The van der Waals surface area contributed by atoms with Gasteiger partial charge in [0, 0.05) is 44.6 Å². The fourth-order valence-corrected chi connectivity index (χ4v) is 6.61. The van der Waals surface area contributed by atoms with Gasteiger partial charge in [-0.15, -0.1) is 0 Å². The number of ether oxygens (including phenoxy) is 1. The number of fused-ring (bicyclic) bond motifs is 4. The van der Waals surface area contributed by atoms with E-state index in [1.807, 2.05) is 24.7 Å². The third kappa shape index (κ3) is 4.35. The lowest BCUT2D eigenvalue weighted by Crippen LogP contribution is -2.52. The summed E-state index contributed by atoms with van der Waals surface area (Å²) in [6.45, 7) is 6.80.